The average molecular weight is 337 g/mol. The van der Waals surface area contributed by atoms with Crippen molar-refractivity contribution < 1.29 is 23.0 Å². The second-order valence-corrected chi connectivity index (χ2v) is 5.09. The molecule has 1 aliphatic heterocycles. The molecule has 0 saturated heterocycles. The highest BCUT2D eigenvalue weighted by Crippen LogP contribution is 2.36. The Hall–Kier alpha value is -1.01. The summed E-state index contributed by atoms with van der Waals surface area (Å²) in [4.78, 5) is 0. The van der Waals surface area contributed by atoms with Crippen LogP contribution in [0.5, 0.6) is 0 Å². The number of hydrogen-bond donors (Lipinski definition) is 1. The van der Waals surface area contributed by atoms with Crippen molar-refractivity contribution in [1.82, 2.24) is 0 Å². The summed E-state index contributed by atoms with van der Waals surface area (Å²) in [6.45, 7) is 0.472. The molecule has 0 radical (unpaired) electrons. The van der Waals surface area contributed by atoms with Crippen molar-refractivity contribution >= 4 is 15.9 Å². The second kappa shape index (κ2) is 5.54. The van der Waals surface area contributed by atoms with Crippen LogP contribution in [0.15, 0.2) is 34.5 Å². The standard InChI is InChI=1S/C13H12BrF3O2/c14-10-5-4-8(13(15,16)17)7-9(10)12(18)11-3-1-2-6-19-11/h3-5,7,12,18H,1-2,6H2. The number of aliphatic hydroxyl groups is 1. The number of allylic oxidation sites excluding steroid dienone is 1. The van der Waals surface area contributed by atoms with Gasteiger partial charge in [-0.25, -0.2) is 0 Å². The molecule has 1 unspecified atom stereocenters. The van der Waals surface area contributed by atoms with E-state index in [4.69, 9.17) is 4.74 Å². The molecule has 1 aliphatic rings. The molecule has 6 heteroatoms. The molecular weight excluding hydrogens is 325 g/mol. The maximum Gasteiger partial charge on any atom is 0.416 e. The molecule has 2 nitrogen and oxygen atoms in total. The first-order valence-corrected chi connectivity index (χ1v) is 6.56. The van der Waals surface area contributed by atoms with E-state index in [1.54, 1.807) is 6.08 Å². The molecule has 0 aromatic heterocycles. The number of aliphatic hydroxyl groups excluding tert-OH is 1. The van der Waals surface area contributed by atoms with E-state index >= 15 is 0 Å². The molecule has 0 spiro atoms. The van der Waals surface area contributed by atoms with Gasteiger partial charge < -0.3 is 9.84 Å². The average Bonchev–Trinajstić information content (AvgIpc) is 2.38. The lowest BCUT2D eigenvalue weighted by Crippen LogP contribution is -2.12. The Kier molecular flexibility index (Phi) is 4.20. The number of ether oxygens (including phenoxy) is 1. The summed E-state index contributed by atoms with van der Waals surface area (Å²) in [7, 11) is 0. The van der Waals surface area contributed by atoms with Crippen LogP contribution in [0.4, 0.5) is 13.2 Å². The lowest BCUT2D eigenvalue weighted by atomic mass is 10.0. The van der Waals surface area contributed by atoms with Gasteiger partial charge in [0.15, 0.2) is 0 Å². The zero-order valence-corrected chi connectivity index (χ0v) is 11.5. The van der Waals surface area contributed by atoms with E-state index in [9.17, 15) is 18.3 Å². The minimum Gasteiger partial charge on any atom is -0.495 e. The van der Waals surface area contributed by atoms with Crippen LogP contribution in [0.25, 0.3) is 0 Å². The topological polar surface area (TPSA) is 29.5 Å². The molecular formula is C13H12BrF3O2. The Morgan fingerprint density at radius 2 is 2.05 bits per heavy atom. The molecule has 0 saturated carbocycles. The highest BCUT2D eigenvalue weighted by molar-refractivity contribution is 9.10. The quantitative estimate of drug-likeness (QED) is 0.877. The van der Waals surface area contributed by atoms with E-state index in [0.29, 0.717) is 16.8 Å². The van der Waals surface area contributed by atoms with Crippen molar-refractivity contribution in [1.29, 1.82) is 0 Å². The van der Waals surface area contributed by atoms with Gasteiger partial charge in [-0.2, -0.15) is 13.2 Å². The summed E-state index contributed by atoms with van der Waals surface area (Å²) >= 11 is 3.15. The number of halogens is 4. The fourth-order valence-corrected chi connectivity index (χ4v) is 2.31. The van der Waals surface area contributed by atoms with Crippen molar-refractivity contribution in [2.24, 2.45) is 0 Å². The summed E-state index contributed by atoms with van der Waals surface area (Å²) < 4.78 is 43.7. The zero-order valence-electron chi connectivity index (χ0n) is 9.88. The molecule has 0 fully saturated rings. The van der Waals surface area contributed by atoms with Crippen LogP contribution in [0.3, 0.4) is 0 Å². The normalized spacial score (nSPS) is 17.6. The van der Waals surface area contributed by atoms with E-state index in [0.717, 1.165) is 25.0 Å². The summed E-state index contributed by atoms with van der Waals surface area (Å²) in [5.41, 5.74) is -0.635. The van der Waals surface area contributed by atoms with Gasteiger partial charge in [0.05, 0.1) is 12.2 Å². The van der Waals surface area contributed by atoms with E-state index in [1.807, 2.05) is 0 Å². The van der Waals surface area contributed by atoms with Gasteiger partial charge in [0, 0.05) is 10.0 Å². The third-order valence-electron chi connectivity index (χ3n) is 2.85. The highest BCUT2D eigenvalue weighted by Gasteiger charge is 2.32. The van der Waals surface area contributed by atoms with Crippen LogP contribution in [-0.2, 0) is 10.9 Å². The van der Waals surface area contributed by atoms with E-state index < -0.39 is 17.8 Å². The Morgan fingerprint density at radius 3 is 2.63 bits per heavy atom. The maximum absolute atomic E-state index is 12.7. The van der Waals surface area contributed by atoms with Gasteiger partial charge in [-0.05, 0) is 37.1 Å². The van der Waals surface area contributed by atoms with E-state index in [1.165, 1.54) is 6.07 Å². The molecule has 1 heterocycles. The Labute approximate surface area is 117 Å². The van der Waals surface area contributed by atoms with Crippen LogP contribution in [-0.4, -0.2) is 11.7 Å². The van der Waals surface area contributed by atoms with Crippen molar-refractivity contribution in [2.45, 2.75) is 25.1 Å². The summed E-state index contributed by atoms with van der Waals surface area (Å²) in [5, 5.41) is 10.1. The molecule has 1 aromatic rings. The van der Waals surface area contributed by atoms with Crippen molar-refractivity contribution in [3.63, 3.8) is 0 Å². The van der Waals surface area contributed by atoms with Gasteiger partial charge in [-0.1, -0.05) is 15.9 Å². The second-order valence-electron chi connectivity index (χ2n) is 4.23. The monoisotopic (exact) mass is 336 g/mol. The van der Waals surface area contributed by atoms with Gasteiger partial charge in [-0.15, -0.1) is 0 Å². The molecule has 2 rings (SSSR count). The van der Waals surface area contributed by atoms with Crippen LogP contribution in [0.1, 0.15) is 30.1 Å². The van der Waals surface area contributed by atoms with Crippen LogP contribution < -0.4 is 0 Å². The van der Waals surface area contributed by atoms with Gasteiger partial charge in [0.1, 0.15) is 11.9 Å². The predicted molar refractivity (Wildman–Crippen MR) is 67.4 cm³/mol. The summed E-state index contributed by atoms with van der Waals surface area (Å²) in [6, 6.07) is 3.19. The minimum absolute atomic E-state index is 0.156. The first-order valence-electron chi connectivity index (χ1n) is 5.77. The summed E-state index contributed by atoms with van der Waals surface area (Å²) in [5.74, 6) is 0.311. The van der Waals surface area contributed by atoms with Crippen molar-refractivity contribution in [3.8, 4) is 0 Å². The lowest BCUT2D eigenvalue weighted by Gasteiger charge is -2.21. The maximum atomic E-state index is 12.7. The first kappa shape index (κ1) is 14.4. The fraction of sp³-hybridized carbons (Fsp3) is 0.385. The summed E-state index contributed by atoms with van der Waals surface area (Å²) in [6.07, 6.45) is -2.31. The molecule has 1 atom stereocenters. The Balaban J connectivity index is 2.35. The number of rotatable bonds is 2. The molecule has 19 heavy (non-hydrogen) atoms. The molecule has 0 bridgehead atoms. The fourth-order valence-electron chi connectivity index (χ4n) is 1.85. The molecule has 1 N–H and O–H groups in total. The molecule has 0 amide bonds. The van der Waals surface area contributed by atoms with Crippen LogP contribution >= 0.6 is 15.9 Å². The first-order chi connectivity index (χ1) is 8.89. The predicted octanol–water partition coefficient (Wildman–Crippen LogP) is 4.20. The Morgan fingerprint density at radius 1 is 1.32 bits per heavy atom. The van der Waals surface area contributed by atoms with Gasteiger partial charge in [0.2, 0.25) is 0 Å². The van der Waals surface area contributed by atoms with Crippen molar-refractivity contribution in [3.05, 3.63) is 45.6 Å². The highest BCUT2D eigenvalue weighted by atomic mass is 79.9. The number of alkyl halides is 3. The largest absolute Gasteiger partial charge is 0.495 e. The third-order valence-corrected chi connectivity index (χ3v) is 3.57. The van der Waals surface area contributed by atoms with Gasteiger partial charge in [-0.3, -0.25) is 0 Å². The van der Waals surface area contributed by atoms with Gasteiger partial charge >= 0.3 is 6.18 Å². The minimum atomic E-state index is -4.43. The van der Waals surface area contributed by atoms with E-state index in [-0.39, 0.29) is 5.56 Å². The smallest absolute Gasteiger partial charge is 0.416 e. The van der Waals surface area contributed by atoms with Crippen LogP contribution in [0, 0.1) is 0 Å². The number of benzene rings is 1. The molecule has 0 aliphatic carbocycles. The SMILES string of the molecule is OC(C1=CCCCO1)c1cc(C(F)(F)F)ccc1Br. The zero-order chi connectivity index (χ0) is 14.0. The van der Waals surface area contributed by atoms with E-state index in [2.05, 4.69) is 15.9 Å². The number of hydrogen-bond acceptors (Lipinski definition) is 2. The Bertz CT molecular complexity index is 497. The van der Waals surface area contributed by atoms with Crippen molar-refractivity contribution in [2.75, 3.05) is 6.61 Å². The third kappa shape index (κ3) is 3.30. The molecule has 104 valence electrons. The van der Waals surface area contributed by atoms with Gasteiger partial charge in [0.25, 0.3) is 0 Å². The lowest BCUT2D eigenvalue weighted by molar-refractivity contribution is -0.137. The van der Waals surface area contributed by atoms with Crippen LogP contribution in [0.2, 0.25) is 0 Å². The molecule has 1 aromatic carbocycles.